The molecule has 0 aliphatic carbocycles. The number of nitrogens with zero attached hydrogens (tertiary/aromatic N) is 3. The van der Waals surface area contributed by atoms with E-state index in [2.05, 4.69) is 20.1 Å². The van der Waals surface area contributed by atoms with Crippen LogP contribution in [0.1, 0.15) is 51.0 Å². The van der Waals surface area contributed by atoms with Crippen molar-refractivity contribution in [3.05, 3.63) is 42.1 Å². The third-order valence-electron chi connectivity index (χ3n) is 5.11. The molecule has 1 atom stereocenters. The molecule has 2 N–H and O–H groups in total. The van der Waals surface area contributed by atoms with E-state index in [-0.39, 0.29) is 17.7 Å². The van der Waals surface area contributed by atoms with Crippen LogP contribution in [0.15, 0.2) is 36.5 Å². The Labute approximate surface area is 179 Å². The zero-order chi connectivity index (χ0) is 22.9. The largest absolute Gasteiger partial charge is 0.435 e. The maximum Gasteiger partial charge on any atom is 0.387 e. The van der Waals surface area contributed by atoms with Crippen molar-refractivity contribution in [2.45, 2.75) is 58.9 Å². The summed E-state index contributed by atoms with van der Waals surface area (Å²) in [5.41, 5.74) is 1.74. The SMILES string of the molecule is CC(C)n1nc(-c2cccc(OC(F)F)c2)c2ncc(C(=O)NC(C)(C)C(C)O)cc21. The summed E-state index contributed by atoms with van der Waals surface area (Å²) in [4.78, 5) is 17.2. The van der Waals surface area contributed by atoms with E-state index in [1.807, 2.05) is 13.8 Å². The highest BCUT2D eigenvalue weighted by Crippen LogP contribution is 2.31. The van der Waals surface area contributed by atoms with Gasteiger partial charge in [0.15, 0.2) is 0 Å². The van der Waals surface area contributed by atoms with Gasteiger partial charge in [-0.15, -0.1) is 0 Å². The fourth-order valence-electron chi connectivity index (χ4n) is 3.02. The first-order valence-electron chi connectivity index (χ1n) is 9.93. The van der Waals surface area contributed by atoms with E-state index in [9.17, 15) is 18.7 Å². The number of aliphatic hydroxyl groups excluding tert-OH is 1. The molecule has 2 aromatic heterocycles. The van der Waals surface area contributed by atoms with Crippen LogP contribution in [0.2, 0.25) is 0 Å². The minimum atomic E-state index is -2.93. The molecule has 0 bridgehead atoms. The summed E-state index contributed by atoms with van der Waals surface area (Å²) in [6, 6.07) is 7.91. The molecule has 0 saturated carbocycles. The van der Waals surface area contributed by atoms with Crippen LogP contribution < -0.4 is 10.1 Å². The molecular weight excluding hydrogens is 406 g/mol. The molecule has 1 aromatic carbocycles. The van der Waals surface area contributed by atoms with Crippen LogP contribution in [-0.2, 0) is 0 Å². The Hall–Kier alpha value is -3.07. The van der Waals surface area contributed by atoms with Crippen LogP contribution in [0.3, 0.4) is 0 Å². The Morgan fingerprint density at radius 2 is 1.94 bits per heavy atom. The standard InChI is InChI=1S/C22H26F2N4O3/c1-12(2)28-17-10-15(20(30)26-22(4,5)13(3)29)11-25-19(17)18(27-28)14-7-6-8-16(9-14)31-21(23)24/h6-13,21,29H,1-5H3,(H,26,30). The van der Waals surface area contributed by atoms with Gasteiger partial charge < -0.3 is 15.2 Å². The van der Waals surface area contributed by atoms with E-state index >= 15 is 0 Å². The topological polar surface area (TPSA) is 89.3 Å². The molecular formula is C22H26F2N4O3. The van der Waals surface area contributed by atoms with Gasteiger partial charge in [-0.1, -0.05) is 12.1 Å². The van der Waals surface area contributed by atoms with E-state index in [0.29, 0.717) is 27.9 Å². The molecule has 7 nitrogen and oxygen atoms in total. The summed E-state index contributed by atoms with van der Waals surface area (Å²) in [5, 5.41) is 17.3. The summed E-state index contributed by atoms with van der Waals surface area (Å²) in [6.07, 6.45) is 0.689. The van der Waals surface area contributed by atoms with Crippen molar-refractivity contribution in [3.63, 3.8) is 0 Å². The fourth-order valence-corrected chi connectivity index (χ4v) is 3.02. The van der Waals surface area contributed by atoms with Gasteiger partial charge in [-0.25, -0.2) is 0 Å². The van der Waals surface area contributed by atoms with Crippen molar-refractivity contribution in [3.8, 4) is 17.0 Å². The van der Waals surface area contributed by atoms with E-state index < -0.39 is 18.3 Å². The van der Waals surface area contributed by atoms with Crippen LogP contribution in [0.25, 0.3) is 22.3 Å². The van der Waals surface area contributed by atoms with Gasteiger partial charge in [-0.05, 0) is 52.8 Å². The number of aromatic nitrogens is 3. The molecule has 0 radical (unpaired) electrons. The number of nitrogens with one attached hydrogen (secondary N) is 1. The Bertz CT molecular complexity index is 1090. The molecule has 0 aliphatic heterocycles. The number of hydrogen-bond acceptors (Lipinski definition) is 5. The van der Waals surface area contributed by atoms with E-state index in [1.54, 1.807) is 43.7 Å². The van der Waals surface area contributed by atoms with Crippen LogP contribution in [0, 0.1) is 0 Å². The van der Waals surface area contributed by atoms with Crippen LogP contribution in [0.4, 0.5) is 8.78 Å². The minimum Gasteiger partial charge on any atom is -0.435 e. The molecule has 3 rings (SSSR count). The number of carbonyl (C=O) groups excluding carboxylic acids is 1. The molecule has 1 unspecified atom stereocenters. The lowest BCUT2D eigenvalue weighted by Crippen LogP contribution is -2.51. The number of hydrogen-bond donors (Lipinski definition) is 2. The van der Waals surface area contributed by atoms with E-state index in [1.165, 1.54) is 18.3 Å². The summed E-state index contributed by atoms with van der Waals surface area (Å²) in [7, 11) is 0. The van der Waals surface area contributed by atoms with Crippen molar-refractivity contribution in [2.24, 2.45) is 0 Å². The molecule has 0 fully saturated rings. The number of ether oxygens (including phenoxy) is 1. The van der Waals surface area contributed by atoms with Gasteiger partial charge in [0.25, 0.3) is 5.91 Å². The number of pyridine rings is 1. The number of fused-ring (bicyclic) bond motifs is 1. The highest BCUT2D eigenvalue weighted by Gasteiger charge is 2.27. The Balaban J connectivity index is 2.06. The average Bonchev–Trinajstić information content (AvgIpc) is 3.06. The summed E-state index contributed by atoms with van der Waals surface area (Å²) in [6.45, 7) is 6.02. The molecule has 3 aromatic rings. The molecule has 1 amide bonds. The number of halogens is 2. The summed E-state index contributed by atoms with van der Waals surface area (Å²) < 4.78 is 31.4. The first kappa shape index (κ1) is 22.6. The van der Waals surface area contributed by atoms with Crippen LogP contribution in [-0.4, -0.2) is 44.0 Å². The number of benzene rings is 1. The van der Waals surface area contributed by atoms with Gasteiger partial charge in [0.2, 0.25) is 0 Å². The van der Waals surface area contributed by atoms with Gasteiger partial charge in [-0.3, -0.25) is 14.5 Å². The highest BCUT2D eigenvalue weighted by molar-refractivity contribution is 5.99. The second-order valence-corrected chi connectivity index (χ2v) is 8.24. The molecule has 0 aliphatic rings. The van der Waals surface area contributed by atoms with Gasteiger partial charge >= 0.3 is 6.61 Å². The molecule has 9 heteroatoms. The number of alkyl halides is 2. The number of rotatable bonds is 7. The van der Waals surface area contributed by atoms with Crippen molar-refractivity contribution in [1.82, 2.24) is 20.1 Å². The third-order valence-corrected chi connectivity index (χ3v) is 5.11. The highest BCUT2D eigenvalue weighted by atomic mass is 19.3. The second kappa shape index (κ2) is 8.58. The lowest BCUT2D eigenvalue weighted by molar-refractivity contribution is -0.0498. The van der Waals surface area contributed by atoms with Crippen molar-refractivity contribution in [1.29, 1.82) is 0 Å². The summed E-state index contributed by atoms with van der Waals surface area (Å²) in [5.74, 6) is -0.346. The summed E-state index contributed by atoms with van der Waals surface area (Å²) >= 11 is 0. The van der Waals surface area contributed by atoms with Gasteiger partial charge in [-0.2, -0.15) is 13.9 Å². The second-order valence-electron chi connectivity index (χ2n) is 8.24. The van der Waals surface area contributed by atoms with Gasteiger partial charge in [0.1, 0.15) is 17.0 Å². The average molecular weight is 432 g/mol. The fraction of sp³-hybridized carbons (Fsp3) is 0.409. The quantitative estimate of drug-likeness (QED) is 0.585. The van der Waals surface area contributed by atoms with Crippen LogP contribution in [0.5, 0.6) is 5.75 Å². The number of carbonyl (C=O) groups is 1. The Morgan fingerprint density at radius 1 is 1.23 bits per heavy atom. The number of aliphatic hydroxyl groups is 1. The monoisotopic (exact) mass is 432 g/mol. The lowest BCUT2D eigenvalue weighted by Gasteiger charge is -2.29. The third kappa shape index (κ3) is 4.82. The smallest absolute Gasteiger partial charge is 0.387 e. The zero-order valence-corrected chi connectivity index (χ0v) is 18.1. The lowest BCUT2D eigenvalue weighted by atomic mass is 9.98. The molecule has 166 valence electrons. The first-order valence-corrected chi connectivity index (χ1v) is 9.93. The number of amides is 1. The van der Waals surface area contributed by atoms with Crippen molar-refractivity contribution in [2.75, 3.05) is 0 Å². The van der Waals surface area contributed by atoms with Crippen molar-refractivity contribution >= 4 is 16.9 Å². The van der Waals surface area contributed by atoms with Gasteiger partial charge in [0, 0.05) is 17.8 Å². The predicted molar refractivity (Wildman–Crippen MR) is 113 cm³/mol. The molecule has 2 heterocycles. The zero-order valence-electron chi connectivity index (χ0n) is 18.1. The van der Waals surface area contributed by atoms with E-state index in [4.69, 9.17) is 0 Å². The normalized spacial score (nSPS) is 13.1. The predicted octanol–water partition coefficient (Wildman–Crippen LogP) is 4.17. The van der Waals surface area contributed by atoms with Crippen LogP contribution >= 0.6 is 0 Å². The maximum absolute atomic E-state index is 12.7. The van der Waals surface area contributed by atoms with Crippen molar-refractivity contribution < 1.29 is 23.4 Å². The Kier molecular flexibility index (Phi) is 6.26. The Morgan fingerprint density at radius 3 is 2.55 bits per heavy atom. The first-order chi connectivity index (χ1) is 14.5. The van der Waals surface area contributed by atoms with E-state index in [0.717, 1.165) is 0 Å². The maximum atomic E-state index is 12.7. The molecule has 31 heavy (non-hydrogen) atoms. The van der Waals surface area contributed by atoms with Gasteiger partial charge in [0.05, 0.1) is 22.7 Å². The minimum absolute atomic E-state index is 0.0242. The molecule has 0 saturated heterocycles. The molecule has 0 spiro atoms.